The Hall–Kier alpha value is -0.810. The van der Waals surface area contributed by atoms with Crippen molar-refractivity contribution in [3.63, 3.8) is 0 Å². The first-order valence-corrected chi connectivity index (χ1v) is 5.71. The van der Waals surface area contributed by atoms with Crippen molar-refractivity contribution in [1.82, 2.24) is 10.2 Å². The van der Waals surface area contributed by atoms with Crippen molar-refractivity contribution in [2.75, 3.05) is 26.2 Å². The number of nitrogens with zero attached hydrogens (tertiary/aromatic N) is 1. The summed E-state index contributed by atoms with van der Waals surface area (Å²) >= 11 is 0. The topological polar surface area (TPSA) is 61.8 Å². The molecule has 92 valence electrons. The lowest BCUT2D eigenvalue weighted by Crippen LogP contribution is -2.42. The van der Waals surface area contributed by atoms with Crippen LogP contribution in [0.5, 0.6) is 0 Å². The van der Waals surface area contributed by atoms with Crippen LogP contribution in [-0.2, 0) is 4.74 Å². The Morgan fingerprint density at radius 1 is 1.56 bits per heavy atom. The number of carbonyl (C=O) groups excluding carboxylic acids is 1. The van der Waals surface area contributed by atoms with Crippen molar-refractivity contribution in [1.29, 1.82) is 0 Å². The molecule has 2 N–H and O–H groups in total. The van der Waals surface area contributed by atoms with Crippen molar-refractivity contribution in [2.24, 2.45) is 5.92 Å². The van der Waals surface area contributed by atoms with Gasteiger partial charge in [-0.3, -0.25) is 0 Å². The summed E-state index contributed by atoms with van der Waals surface area (Å²) in [6, 6.07) is 0. The summed E-state index contributed by atoms with van der Waals surface area (Å²) in [5, 5.41) is 13.4. The van der Waals surface area contributed by atoms with E-state index in [0.717, 1.165) is 6.54 Å². The molecule has 2 rings (SSSR count). The summed E-state index contributed by atoms with van der Waals surface area (Å²) in [6.07, 6.45) is -0.324. The average molecular weight is 228 g/mol. The molecule has 2 heterocycles. The smallest absolute Gasteiger partial charge is 0.410 e. The van der Waals surface area contributed by atoms with Gasteiger partial charge in [0.25, 0.3) is 0 Å². The van der Waals surface area contributed by atoms with Crippen LogP contribution in [0.1, 0.15) is 20.8 Å². The second-order valence-corrected chi connectivity index (χ2v) is 5.79. The fourth-order valence-corrected chi connectivity index (χ4v) is 2.34. The minimum Gasteiger partial charge on any atom is -0.444 e. The van der Waals surface area contributed by atoms with Crippen molar-refractivity contribution in [3.05, 3.63) is 0 Å². The molecule has 0 saturated carbocycles. The van der Waals surface area contributed by atoms with E-state index in [1.807, 2.05) is 20.8 Å². The van der Waals surface area contributed by atoms with Crippen LogP contribution < -0.4 is 5.32 Å². The molecule has 0 unspecified atom stereocenters. The Kier molecular flexibility index (Phi) is 2.62. The molecule has 2 aliphatic rings. The SMILES string of the molecule is CC(C)(C)OC(=O)N1C[C@@H]2CNC[C@]2(O)C1. The third-order valence-electron chi connectivity index (χ3n) is 3.14. The first-order valence-electron chi connectivity index (χ1n) is 5.71. The summed E-state index contributed by atoms with van der Waals surface area (Å²) in [5.74, 6) is 0.139. The van der Waals surface area contributed by atoms with Gasteiger partial charge in [-0.1, -0.05) is 0 Å². The highest BCUT2D eigenvalue weighted by atomic mass is 16.6. The predicted octanol–water partition coefficient (Wildman–Crippen LogP) is 0.188. The maximum atomic E-state index is 11.8. The molecule has 0 bridgehead atoms. The molecule has 0 radical (unpaired) electrons. The maximum Gasteiger partial charge on any atom is 0.410 e. The van der Waals surface area contributed by atoms with Crippen LogP contribution >= 0.6 is 0 Å². The van der Waals surface area contributed by atoms with Gasteiger partial charge in [0, 0.05) is 25.6 Å². The van der Waals surface area contributed by atoms with E-state index in [2.05, 4.69) is 5.32 Å². The molecule has 2 fully saturated rings. The van der Waals surface area contributed by atoms with Crippen LogP contribution in [0.3, 0.4) is 0 Å². The molecule has 0 aliphatic carbocycles. The standard InChI is InChI=1S/C11H20N2O3/c1-10(2,3)16-9(14)13-5-8-4-12-6-11(8,15)7-13/h8,12,15H,4-7H2,1-3H3/t8-,11-/m0/s1. The highest BCUT2D eigenvalue weighted by molar-refractivity contribution is 5.69. The fraction of sp³-hybridized carbons (Fsp3) is 0.909. The molecule has 5 heteroatoms. The number of β-amino-alcohol motifs (C(OH)–C–C–N with tert-alkyl or cyclic N) is 1. The molecule has 0 aromatic heterocycles. The lowest BCUT2D eigenvalue weighted by molar-refractivity contribution is 0.0161. The predicted molar refractivity (Wildman–Crippen MR) is 59.1 cm³/mol. The van der Waals surface area contributed by atoms with Crippen LogP contribution in [0.15, 0.2) is 0 Å². The highest BCUT2D eigenvalue weighted by Gasteiger charge is 2.50. The zero-order valence-corrected chi connectivity index (χ0v) is 10.1. The number of aliphatic hydroxyl groups is 1. The minimum absolute atomic E-state index is 0.139. The van der Waals surface area contributed by atoms with Crippen LogP contribution in [-0.4, -0.2) is 53.5 Å². The molecule has 0 aromatic rings. The van der Waals surface area contributed by atoms with Gasteiger partial charge in [0.1, 0.15) is 11.2 Å². The summed E-state index contributed by atoms with van der Waals surface area (Å²) in [6.45, 7) is 7.83. The first kappa shape index (κ1) is 11.7. The summed E-state index contributed by atoms with van der Waals surface area (Å²) in [7, 11) is 0. The zero-order valence-electron chi connectivity index (χ0n) is 10.1. The summed E-state index contributed by atoms with van der Waals surface area (Å²) in [5.41, 5.74) is -1.23. The van der Waals surface area contributed by atoms with E-state index < -0.39 is 11.2 Å². The van der Waals surface area contributed by atoms with Gasteiger partial charge in [0.15, 0.2) is 0 Å². The van der Waals surface area contributed by atoms with E-state index in [-0.39, 0.29) is 12.0 Å². The number of ether oxygens (including phenoxy) is 1. The molecule has 16 heavy (non-hydrogen) atoms. The number of hydrogen-bond acceptors (Lipinski definition) is 4. The van der Waals surface area contributed by atoms with Gasteiger partial charge in [-0.05, 0) is 20.8 Å². The van der Waals surface area contributed by atoms with Gasteiger partial charge in [0.2, 0.25) is 0 Å². The lowest BCUT2D eigenvalue weighted by Gasteiger charge is -2.25. The Bertz CT molecular complexity index is 300. The quantitative estimate of drug-likeness (QED) is 0.621. The van der Waals surface area contributed by atoms with Crippen molar-refractivity contribution < 1.29 is 14.6 Å². The summed E-state index contributed by atoms with van der Waals surface area (Å²) in [4.78, 5) is 13.4. The molecule has 2 saturated heterocycles. The lowest BCUT2D eigenvalue weighted by atomic mass is 9.95. The number of nitrogens with one attached hydrogen (secondary N) is 1. The highest BCUT2D eigenvalue weighted by Crippen LogP contribution is 2.31. The fourth-order valence-electron chi connectivity index (χ4n) is 2.34. The van der Waals surface area contributed by atoms with E-state index >= 15 is 0 Å². The Labute approximate surface area is 95.8 Å². The normalized spacial score (nSPS) is 34.0. The van der Waals surface area contributed by atoms with Crippen molar-refractivity contribution >= 4 is 6.09 Å². The van der Waals surface area contributed by atoms with Gasteiger partial charge in [-0.15, -0.1) is 0 Å². The van der Waals surface area contributed by atoms with Crippen molar-refractivity contribution in [2.45, 2.75) is 32.0 Å². The van der Waals surface area contributed by atoms with Gasteiger partial charge in [-0.2, -0.15) is 0 Å². The largest absolute Gasteiger partial charge is 0.444 e. The molecular weight excluding hydrogens is 208 g/mol. The average Bonchev–Trinajstić information content (AvgIpc) is 2.55. The van der Waals surface area contributed by atoms with Crippen LogP contribution in [0.2, 0.25) is 0 Å². The molecule has 0 aromatic carbocycles. The van der Waals surface area contributed by atoms with E-state index in [1.54, 1.807) is 4.90 Å². The van der Waals surface area contributed by atoms with E-state index in [0.29, 0.717) is 19.6 Å². The number of rotatable bonds is 0. The zero-order chi connectivity index (χ0) is 12.0. The summed E-state index contributed by atoms with van der Waals surface area (Å²) < 4.78 is 5.29. The minimum atomic E-state index is -0.753. The first-order chi connectivity index (χ1) is 7.30. The second kappa shape index (κ2) is 3.60. The maximum absolute atomic E-state index is 11.8. The Balaban J connectivity index is 1.97. The molecule has 2 aliphatic heterocycles. The Morgan fingerprint density at radius 3 is 2.81 bits per heavy atom. The number of fused-ring (bicyclic) bond motifs is 1. The third kappa shape index (κ3) is 2.15. The molecule has 2 atom stereocenters. The number of likely N-dealkylation sites (tertiary alicyclic amines) is 1. The molecule has 1 amide bonds. The van der Waals surface area contributed by atoms with E-state index in [1.165, 1.54) is 0 Å². The second-order valence-electron chi connectivity index (χ2n) is 5.79. The van der Waals surface area contributed by atoms with Gasteiger partial charge in [-0.25, -0.2) is 4.79 Å². The number of amides is 1. The monoisotopic (exact) mass is 228 g/mol. The van der Waals surface area contributed by atoms with Crippen molar-refractivity contribution in [3.8, 4) is 0 Å². The Morgan fingerprint density at radius 2 is 2.25 bits per heavy atom. The van der Waals surface area contributed by atoms with Gasteiger partial charge < -0.3 is 20.1 Å². The van der Waals surface area contributed by atoms with E-state index in [4.69, 9.17) is 4.74 Å². The van der Waals surface area contributed by atoms with E-state index in [9.17, 15) is 9.90 Å². The molecular formula is C11H20N2O3. The molecule has 0 spiro atoms. The van der Waals surface area contributed by atoms with Gasteiger partial charge >= 0.3 is 6.09 Å². The van der Waals surface area contributed by atoms with Gasteiger partial charge in [0.05, 0.1) is 6.54 Å². The van der Waals surface area contributed by atoms with Crippen LogP contribution in [0.25, 0.3) is 0 Å². The third-order valence-corrected chi connectivity index (χ3v) is 3.14. The number of carbonyl (C=O) groups is 1. The number of hydrogen-bond donors (Lipinski definition) is 2. The van der Waals surface area contributed by atoms with Crippen LogP contribution in [0.4, 0.5) is 4.79 Å². The molecule has 5 nitrogen and oxygen atoms in total. The van der Waals surface area contributed by atoms with Crippen LogP contribution in [0, 0.1) is 5.92 Å².